The molecule has 0 fully saturated rings. The van der Waals surface area contributed by atoms with E-state index < -0.39 is 40.4 Å². The Hall–Kier alpha value is -4.23. The Morgan fingerprint density at radius 1 is 1.18 bits per heavy atom. The molecule has 4 aromatic rings. The van der Waals surface area contributed by atoms with Crippen LogP contribution < -0.4 is 9.46 Å². The number of benzene rings is 1. The minimum atomic E-state index is -3.56. The summed E-state index contributed by atoms with van der Waals surface area (Å²) in [5.41, 5.74) is 2.20. The van der Waals surface area contributed by atoms with Crippen molar-refractivity contribution >= 4 is 45.0 Å². The number of anilines is 1. The van der Waals surface area contributed by atoms with E-state index in [0.717, 1.165) is 18.0 Å². The van der Waals surface area contributed by atoms with Crippen LogP contribution in [0, 0.1) is 5.82 Å². The summed E-state index contributed by atoms with van der Waals surface area (Å²) in [5.74, 6) is -1.78. The van der Waals surface area contributed by atoms with Gasteiger partial charge in [-0.25, -0.2) is 27.6 Å². The van der Waals surface area contributed by atoms with E-state index in [2.05, 4.69) is 14.7 Å². The van der Waals surface area contributed by atoms with Crippen molar-refractivity contribution in [1.29, 1.82) is 0 Å². The Bertz CT molecular complexity index is 1740. The van der Waals surface area contributed by atoms with Gasteiger partial charge in [0.1, 0.15) is 23.3 Å². The number of methoxy groups -OCH3 is 1. The monoisotopic (exact) mass is 587 g/mol. The number of hydrogen-bond donors (Lipinski definition) is 1. The van der Waals surface area contributed by atoms with Gasteiger partial charge in [-0.2, -0.15) is 0 Å². The number of pyridine rings is 2. The molecule has 0 radical (unpaired) electrons. The Labute approximate surface area is 233 Å². The Kier molecular flexibility index (Phi) is 7.34. The van der Waals surface area contributed by atoms with Crippen LogP contribution in [0.5, 0.6) is 5.75 Å². The van der Waals surface area contributed by atoms with Crippen LogP contribution in [-0.4, -0.2) is 66.1 Å². The summed E-state index contributed by atoms with van der Waals surface area (Å²) in [6.45, 7) is -0.226. The summed E-state index contributed by atoms with van der Waals surface area (Å²) in [6.07, 6.45) is 3.19. The molecular weight excluding hydrogens is 565 g/mol. The lowest BCUT2D eigenvalue weighted by Crippen LogP contribution is -2.43. The number of carbonyl (C=O) groups excluding carboxylic acids is 2. The topological polar surface area (TPSA) is 132 Å². The number of aromatic nitrogens is 3. The van der Waals surface area contributed by atoms with E-state index in [1.54, 1.807) is 6.20 Å². The number of fused-ring (bicyclic) bond motifs is 3. The third-order valence-corrected chi connectivity index (χ3v) is 7.15. The number of nitrogens with zero attached hydrogens (tertiary/aromatic N) is 4. The quantitative estimate of drug-likeness (QED) is 0.257. The molecule has 3 aromatic heterocycles. The Morgan fingerprint density at radius 2 is 1.98 bits per heavy atom. The fourth-order valence-electron chi connectivity index (χ4n) is 4.62. The van der Waals surface area contributed by atoms with Gasteiger partial charge in [0.25, 0.3) is 5.91 Å². The maximum Gasteiger partial charge on any atom is 0.337 e. The fraction of sp³-hybridized carbons (Fsp3) is 0.231. The van der Waals surface area contributed by atoms with Gasteiger partial charge in [-0.3, -0.25) is 9.52 Å². The zero-order valence-corrected chi connectivity index (χ0v) is 22.9. The highest BCUT2D eigenvalue weighted by molar-refractivity contribution is 7.92. The summed E-state index contributed by atoms with van der Waals surface area (Å²) in [6, 6.07) is 11.3. The van der Waals surface area contributed by atoms with Gasteiger partial charge in [0, 0.05) is 24.7 Å². The number of hydrogen-bond acceptors (Lipinski definition) is 8. The van der Waals surface area contributed by atoms with Crippen LogP contribution in [0.4, 0.5) is 10.2 Å². The molecule has 5 rings (SSSR count). The van der Waals surface area contributed by atoms with Crippen LogP contribution in [0.1, 0.15) is 33.4 Å². The predicted octanol–water partition coefficient (Wildman–Crippen LogP) is 3.23. The van der Waals surface area contributed by atoms with Crippen LogP contribution in [0.15, 0.2) is 54.7 Å². The van der Waals surface area contributed by atoms with Crippen molar-refractivity contribution in [3.8, 4) is 5.75 Å². The summed E-state index contributed by atoms with van der Waals surface area (Å²) in [5, 5.41) is -0.148. The average Bonchev–Trinajstić information content (AvgIpc) is 3.29. The Balaban J connectivity index is 1.47. The molecule has 1 aliphatic heterocycles. The number of carbonyl (C=O) groups is 2. The molecule has 0 spiro atoms. The molecule has 0 saturated heterocycles. The van der Waals surface area contributed by atoms with Crippen molar-refractivity contribution in [3.63, 3.8) is 0 Å². The number of esters is 1. The predicted molar refractivity (Wildman–Crippen MR) is 143 cm³/mol. The van der Waals surface area contributed by atoms with Crippen molar-refractivity contribution in [2.24, 2.45) is 0 Å². The molecule has 4 heterocycles. The first-order valence-electron chi connectivity index (χ1n) is 12.0. The van der Waals surface area contributed by atoms with Crippen molar-refractivity contribution in [2.45, 2.75) is 12.5 Å². The van der Waals surface area contributed by atoms with Gasteiger partial charge in [-0.15, -0.1) is 0 Å². The number of amides is 1. The van der Waals surface area contributed by atoms with Crippen molar-refractivity contribution in [3.05, 3.63) is 88.2 Å². The minimum Gasteiger partial charge on any atom is -0.481 e. The van der Waals surface area contributed by atoms with E-state index in [4.69, 9.17) is 21.1 Å². The highest BCUT2D eigenvalue weighted by atomic mass is 35.5. The van der Waals surface area contributed by atoms with E-state index in [1.165, 1.54) is 36.3 Å². The second-order valence-electron chi connectivity index (χ2n) is 8.99. The molecule has 1 amide bonds. The zero-order valence-electron chi connectivity index (χ0n) is 21.3. The lowest BCUT2D eigenvalue weighted by molar-refractivity contribution is -0.135. The molecule has 14 heteroatoms. The van der Waals surface area contributed by atoms with Crippen LogP contribution in [-0.2, 0) is 26.0 Å². The molecule has 1 N–H and O–H groups in total. The standard InChI is InChI=1S/C26H23ClFN5O6S/c1-38-26(35)15-6-7-16(17(28)13-15)23-24-18(29-21-5-3-4-11-32(21)24)10-12-33(23)22(34)14-39-19-8-9-20(30-25(19)27)31-40(2,36)37/h3-9,11,13,23H,10,12,14H2,1-2H3,(H,30,31). The third kappa shape index (κ3) is 5.42. The van der Waals surface area contributed by atoms with Crippen LogP contribution in [0.3, 0.4) is 0 Å². The SMILES string of the molecule is COC(=O)c1ccc(C2c3c(nc4ccccn34)CCN2C(=O)COc2ccc(NS(C)(=O)=O)nc2Cl)c(F)c1. The first-order valence-corrected chi connectivity index (χ1v) is 14.2. The zero-order chi connectivity index (χ0) is 28.6. The summed E-state index contributed by atoms with van der Waals surface area (Å²) in [7, 11) is -2.36. The van der Waals surface area contributed by atoms with Crippen molar-refractivity contribution in [1.82, 2.24) is 19.3 Å². The molecule has 0 aliphatic carbocycles. The first kappa shape index (κ1) is 27.3. The number of imidazole rings is 1. The van der Waals surface area contributed by atoms with Gasteiger partial charge < -0.3 is 18.8 Å². The molecule has 11 nitrogen and oxygen atoms in total. The normalized spacial score (nSPS) is 15.0. The fourth-order valence-corrected chi connectivity index (χ4v) is 5.32. The lowest BCUT2D eigenvalue weighted by Gasteiger charge is -2.36. The summed E-state index contributed by atoms with van der Waals surface area (Å²) in [4.78, 5) is 35.6. The number of ether oxygens (including phenoxy) is 2. The minimum absolute atomic E-state index is 0.00621. The van der Waals surface area contributed by atoms with Crippen LogP contribution >= 0.6 is 11.6 Å². The molecule has 1 atom stereocenters. The third-order valence-electron chi connectivity index (χ3n) is 6.30. The average molecular weight is 588 g/mol. The molecule has 208 valence electrons. The highest BCUT2D eigenvalue weighted by Crippen LogP contribution is 2.37. The molecule has 0 bridgehead atoms. The van der Waals surface area contributed by atoms with E-state index >= 15 is 4.39 Å². The van der Waals surface area contributed by atoms with E-state index in [0.29, 0.717) is 17.8 Å². The van der Waals surface area contributed by atoms with E-state index in [-0.39, 0.29) is 34.4 Å². The first-order chi connectivity index (χ1) is 19.1. The second kappa shape index (κ2) is 10.7. The number of halogens is 2. The second-order valence-corrected chi connectivity index (χ2v) is 11.1. The molecular formula is C26H23ClFN5O6S. The molecule has 40 heavy (non-hydrogen) atoms. The smallest absolute Gasteiger partial charge is 0.337 e. The summed E-state index contributed by atoms with van der Waals surface area (Å²) < 4.78 is 52.8. The lowest BCUT2D eigenvalue weighted by atomic mass is 9.94. The van der Waals surface area contributed by atoms with Gasteiger partial charge >= 0.3 is 5.97 Å². The molecule has 1 aromatic carbocycles. The summed E-state index contributed by atoms with van der Waals surface area (Å²) >= 11 is 6.15. The van der Waals surface area contributed by atoms with Gasteiger partial charge in [0.2, 0.25) is 10.0 Å². The number of nitrogens with one attached hydrogen (secondary N) is 1. The van der Waals surface area contributed by atoms with Crippen molar-refractivity contribution < 1.29 is 31.9 Å². The van der Waals surface area contributed by atoms with Gasteiger partial charge in [0.15, 0.2) is 17.5 Å². The van der Waals surface area contributed by atoms with E-state index in [1.807, 2.05) is 22.6 Å². The van der Waals surface area contributed by atoms with E-state index in [9.17, 15) is 18.0 Å². The number of rotatable bonds is 7. The molecule has 1 aliphatic rings. The maximum atomic E-state index is 15.5. The molecule has 0 saturated carbocycles. The molecule has 1 unspecified atom stereocenters. The number of sulfonamides is 1. The largest absolute Gasteiger partial charge is 0.481 e. The van der Waals surface area contributed by atoms with Gasteiger partial charge in [-0.1, -0.05) is 23.7 Å². The van der Waals surface area contributed by atoms with Gasteiger partial charge in [-0.05, 0) is 36.4 Å². The van der Waals surface area contributed by atoms with Crippen LogP contribution in [0.2, 0.25) is 5.15 Å². The van der Waals surface area contributed by atoms with Gasteiger partial charge in [0.05, 0.1) is 30.3 Å². The maximum absolute atomic E-state index is 15.5. The Morgan fingerprint density at radius 3 is 2.67 bits per heavy atom. The highest BCUT2D eigenvalue weighted by Gasteiger charge is 2.37. The van der Waals surface area contributed by atoms with Crippen molar-refractivity contribution in [2.75, 3.05) is 31.2 Å². The van der Waals surface area contributed by atoms with Crippen LogP contribution in [0.25, 0.3) is 5.65 Å².